The van der Waals surface area contributed by atoms with Crippen molar-refractivity contribution >= 4 is 29.2 Å². The Bertz CT molecular complexity index is 1390. The molecule has 0 saturated carbocycles. The minimum absolute atomic E-state index is 0.0406. The zero-order chi connectivity index (χ0) is 24.5. The maximum atomic E-state index is 13.0. The predicted octanol–water partition coefficient (Wildman–Crippen LogP) is 4.78. The summed E-state index contributed by atoms with van der Waals surface area (Å²) < 4.78 is 1.90. The monoisotopic (exact) mass is 485 g/mol. The van der Waals surface area contributed by atoms with Gasteiger partial charge in [-0.3, -0.25) is 14.5 Å². The van der Waals surface area contributed by atoms with Crippen molar-refractivity contribution in [3.8, 4) is 11.4 Å². The van der Waals surface area contributed by atoms with E-state index in [9.17, 15) is 4.79 Å². The van der Waals surface area contributed by atoms with Crippen LogP contribution in [0, 0.1) is 13.8 Å². The number of carbonyl (C=O) groups excluding carboxylic acids is 1. The van der Waals surface area contributed by atoms with Crippen LogP contribution in [0.1, 0.15) is 44.9 Å². The Morgan fingerprint density at radius 2 is 2.03 bits per heavy atom. The first kappa shape index (κ1) is 23.0. The number of nitrogens with one attached hydrogen (secondary N) is 2. The summed E-state index contributed by atoms with van der Waals surface area (Å²) >= 11 is 1.88. The summed E-state index contributed by atoms with van der Waals surface area (Å²) in [6.45, 7) is 6.12. The van der Waals surface area contributed by atoms with Gasteiger partial charge in [0.2, 0.25) is 0 Å². The number of nitrogens with zero attached hydrogens (tertiary/aromatic N) is 5. The van der Waals surface area contributed by atoms with Crippen molar-refractivity contribution in [2.75, 3.05) is 16.4 Å². The molecule has 1 aliphatic heterocycles. The maximum Gasteiger partial charge on any atom is 0.255 e. The lowest BCUT2D eigenvalue weighted by atomic mass is 9.96. The summed E-state index contributed by atoms with van der Waals surface area (Å²) in [7, 11) is 1.96. The first-order valence-electron chi connectivity index (χ1n) is 11.5. The molecule has 0 aliphatic carbocycles. The van der Waals surface area contributed by atoms with Gasteiger partial charge < -0.3 is 10.6 Å². The molecule has 0 unspecified atom stereocenters. The SMILES string of the molecule is Cc1cc(C(=O)Nc2cccnc2C)ccc1[C@@H]1SC[C@H](C)Nc2c1c(-c1ccncn1)nn2C. The summed E-state index contributed by atoms with van der Waals surface area (Å²) in [5, 5.41) is 11.5. The third kappa shape index (κ3) is 4.51. The molecule has 35 heavy (non-hydrogen) atoms. The minimum atomic E-state index is -0.150. The second-order valence-electron chi connectivity index (χ2n) is 8.75. The molecule has 0 spiro atoms. The Labute approximate surface area is 208 Å². The van der Waals surface area contributed by atoms with Gasteiger partial charge in [-0.25, -0.2) is 9.97 Å². The van der Waals surface area contributed by atoms with E-state index in [4.69, 9.17) is 5.10 Å². The molecular weight excluding hydrogens is 458 g/mol. The lowest BCUT2D eigenvalue weighted by Crippen LogP contribution is -2.18. The molecule has 1 aliphatic rings. The van der Waals surface area contributed by atoms with Crippen LogP contribution in [-0.2, 0) is 7.05 Å². The molecule has 1 aromatic carbocycles. The quantitative estimate of drug-likeness (QED) is 0.429. The normalized spacial score (nSPS) is 17.3. The number of aryl methyl sites for hydroxylation is 3. The van der Waals surface area contributed by atoms with E-state index in [-0.39, 0.29) is 17.2 Å². The fourth-order valence-electron chi connectivity index (χ4n) is 4.35. The third-order valence-corrected chi connectivity index (χ3v) is 7.65. The molecule has 0 bridgehead atoms. The molecule has 8 nitrogen and oxygen atoms in total. The Morgan fingerprint density at radius 3 is 2.77 bits per heavy atom. The van der Waals surface area contributed by atoms with Crippen molar-refractivity contribution < 1.29 is 4.79 Å². The molecular formula is C26H27N7OS. The molecule has 0 fully saturated rings. The van der Waals surface area contributed by atoms with Crippen LogP contribution in [0.4, 0.5) is 11.5 Å². The molecule has 1 amide bonds. The molecule has 2 N–H and O–H groups in total. The van der Waals surface area contributed by atoms with Gasteiger partial charge in [0.1, 0.15) is 17.8 Å². The average Bonchev–Trinajstić information content (AvgIpc) is 3.06. The average molecular weight is 486 g/mol. The molecule has 3 aromatic heterocycles. The highest BCUT2D eigenvalue weighted by Gasteiger charge is 2.32. The van der Waals surface area contributed by atoms with E-state index in [1.165, 1.54) is 0 Å². The van der Waals surface area contributed by atoms with Gasteiger partial charge in [-0.05, 0) is 62.2 Å². The van der Waals surface area contributed by atoms with Crippen molar-refractivity contribution in [3.63, 3.8) is 0 Å². The van der Waals surface area contributed by atoms with Crippen molar-refractivity contribution in [1.82, 2.24) is 24.7 Å². The second kappa shape index (κ2) is 9.50. The van der Waals surface area contributed by atoms with Crippen LogP contribution < -0.4 is 10.6 Å². The number of rotatable bonds is 4. The first-order chi connectivity index (χ1) is 16.9. The zero-order valence-corrected chi connectivity index (χ0v) is 20.9. The number of anilines is 2. The number of fused-ring (bicyclic) bond motifs is 1. The Morgan fingerprint density at radius 1 is 1.17 bits per heavy atom. The second-order valence-corrected chi connectivity index (χ2v) is 9.89. The van der Waals surface area contributed by atoms with Crippen LogP contribution in [0.3, 0.4) is 0 Å². The molecule has 0 radical (unpaired) electrons. The van der Waals surface area contributed by atoms with E-state index in [0.29, 0.717) is 11.3 Å². The van der Waals surface area contributed by atoms with E-state index >= 15 is 0 Å². The number of thioether (sulfide) groups is 1. The predicted molar refractivity (Wildman–Crippen MR) is 140 cm³/mol. The number of amides is 1. The highest BCUT2D eigenvalue weighted by atomic mass is 32.2. The zero-order valence-electron chi connectivity index (χ0n) is 20.1. The van der Waals surface area contributed by atoms with Crippen molar-refractivity contribution in [2.45, 2.75) is 32.1 Å². The summed E-state index contributed by atoms with van der Waals surface area (Å²) in [6, 6.07) is 11.8. The van der Waals surface area contributed by atoms with Crippen LogP contribution in [0.5, 0.6) is 0 Å². The molecule has 2 atom stereocenters. The molecule has 9 heteroatoms. The van der Waals surface area contributed by atoms with Gasteiger partial charge in [-0.1, -0.05) is 6.07 Å². The standard InChI is InChI=1S/C26H27N7OS/c1-15-12-18(26(34)31-20-6-5-10-28-17(20)3)7-8-19(15)24-22-23(21-9-11-27-14-29-21)32-33(4)25(22)30-16(2)13-35-24/h5-12,14,16,24,30H,13H2,1-4H3,(H,31,34)/t16-,24-/m0/s1. The summed E-state index contributed by atoms with van der Waals surface area (Å²) in [6.07, 6.45) is 5.00. The van der Waals surface area contributed by atoms with E-state index in [1.807, 2.05) is 60.7 Å². The fourth-order valence-corrected chi connectivity index (χ4v) is 5.74. The van der Waals surface area contributed by atoms with Crippen LogP contribution in [0.2, 0.25) is 0 Å². The Kier molecular flexibility index (Phi) is 6.25. The van der Waals surface area contributed by atoms with Gasteiger partial charge in [0.05, 0.1) is 22.3 Å². The lowest BCUT2D eigenvalue weighted by Gasteiger charge is -2.19. The van der Waals surface area contributed by atoms with E-state index in [1.54, 1.807) is 18.7 Å². The number of carbonyl (C=O) groups is 1. The topological polar surface area (TPSA) is 97.6 Å². The highest BCUT2D eigenvalue weighted by Crippen LogP contribution is 2.47. The molecule has 0 saturated heterocycles. The Balaban J connectivity index is 1.53. The van der Waals surface area contributed by atoms with Crippen LogP contribution in [-0.4, -0.2) is 42.4 Å². The van der Waals surface area contributed by atoms with E-state index in [2.05, 4.69) is 45.5 Å². The summed E-state index contributed by atoms with van der Waals surface area (Å²) in [5.74, 6) is 1.78. The van der Waals surface area contributed by atoms with Crippen molar-refractivity contribution in [2.24, 2.45) is 7.05 Å². The maximum absolute atomic E-state index is 13.0. The van der Waals surface area contributed by atoms with Crippen LogP contribution >= 0.6 is 11.8 Å². The van der Waals surface area contributed by atoms with Gasteiger partial charge in [0.25, 0.3) is 5.91 Å². The van der Waals surface area contributed by atoms with E-state index in [0.717, 1.165) is 45.3 Å². The minimum Gasteiger partial charge on any atom is -0.367 e. The molecule has 5 rings (SSSR count). The van der Waals surface area contributed by atoms with Crippen LogP contribution in [0.25, 0.3) is 11.4 Å². The van der Waals surface area contributed by atoms with Gasteiger partial charge >= 0.3 is 0 Å². The van der Waals surface area contributed by atoms with Gasteiger partial charge in [0, 0.05) is 42.4 Å². The molecule has 178 valence electrons. The largest absolute Gasteiger partial charge is 0.367 e. The highest BCUT2D eigenvalue weighted by molar-refractivity contribution is 7.99. The number of aromatic nitrogens is 5. The van der Waals surface area contributed by atoms with Crippen LogP contribution in [0.15, 0.2) is 55.1 Å². The number of pyridine rings is 1. The van der Waals surface area contributed by atoms with Gasteiger partial charge in [-0.15, -0.1) is 11.8 Å². The summed E-state index contributed by atoms with van der Waals surface area (Å²) in [4.78, 5) is 25.8. The van der Waals surface area contributed by atoms with E-state index < -0.39 is 0 Å². The first-order valence-corrected chi connectivity index (χ1v) is 12.5. The van der Waals surface area contributed by atoms with Gasteiger partial charge in [-0.2, -0.15) is 5.10 Å². The summed E-state index contributed by atoms with van der Waals surface area (Å²) in [5.41, 5.74) is 7.06. The molecule has 4 heterocycles. The molecule has 4 aromatic rings. The van der Waals surface area contributed by atoms with Crippen molar-refractivity contribution in [1.29, 1.82) is 0 Å². The number of hydrogen-bond donors (Lipinski definition) is 2. The van der Waals surface area contributed by atoms with Crippen molar-refractivity contribution in [3.05, 3.63) is 83.1 Å². The number of hydrogen-bond acceptors (Lipinski definition) is 7. The smallest absolute Gasteiger partial charge is 0.255 e. The third-order valence-electron chi connectivity index (χ3n) is 6.14. The van der Waals surface area contributed by atoms with Gasteiger partial charge in [0.15, 0.2) is 0 Å². The Hall–Kier alpha value is -3.72. The number of benzene rings is 1. The lowest BCUT2D eigenvalue weighted by molar-refractivity contribution is 0.102. The fraction of sp³-hybridized carbons (Fsp3) is 0.269.